The van der Waals surface area contributed by atoms with Crippen LogP contribution in [0.5, 0.6) is 0 Å². The van der Waals surface area contributed by atoms with E-state index in [1.165, 1.54) is 11.1 Å². The first-order valence-corrected chi connectivity index (χ1v) is 7.50. The van der Waals surface area contributed by atoms with Crippen LogP contribution in [0.1, 0.15) is 73.4 Å². The van der Waals surface area contributed by atoms with E-state index in [9.17, 15) is 0 Å². The average Bonchev–Trinajstić information content (AvgIpc) is 2.22. The Morgan fingerprint density at radius 1 is 0.700 bits per heavy atom. The lowest BCUT2D eigenvalue weighted by Crippen LogP contribution is -2.16. The summed E-state index contributed by atoms with van der Waals surface area (Å²) < 4.78 is 0. The summed E-state index contributed by atoms with van der Waals surface area (Å²) in [6.45, 7) is 20.1. The zero-order valence-electron chi connectivity index (χ0n) is 14.8. The van der Waals surface area contributed by atoms with Crippen molar-refractivity contribution in [3.63, 3.8) is 0 Å². The Balaban J connectivity index is 3.35. The first-order valence-electron chi connectivity index (χ1n) is 7.50. The number of aliphatic imine (C=N–C) groups is 1. The summed E-state index contributed by atoms with van der Waals surface area (Å²) in [5.41, 5.74) is 4.18. The number of hydrogen-bond acceptors (Lipinski definition) is 1. The van der Waals surface area contributed by atoms with Crippen LogP contribution in [0.25, 0.3) is 0 Å². The molecule has 0 atom stereocenters. The molecule has 1 heteroatoms. The van der Waals surface area contributed by atoms with Crippen LogP contribution >= 0.6 is 0 Å². The molecule has 0 spiro atoms. The maximum absolute atomic E-state index is 4.70. The Morgan fingerprint density at radius 3 is 1.40 bits per heavy atom. The third kappa shape index (κ3) is 5.11. The molecular formula is C19H31N. The first-order chi connectivity index (χ1) is 8.79. The van der Waals surface area contributed by atoms with Gasteiger partial charge in [0.15, 0.2) is 0 Å². The molecule has 0 unspecified atom stereocenters. The number of hydrogen-bond donors (Lipinski definition) is 0. The zero-order chi connectivity index (χ0) is 15.8. The van der Waals surface area contributed by atoms with Crippen molar-refractivity contribution in [2.75, 3.05) is 0 Å². The van der Waals surface area contributed by atoms with Gasteiger partial charge in [-0.05, 0) is 39.5 Å². The van der Waals surface area contributed by atoms with E-state index < -0.39 is 0 Å². The Morgan fingerprint density at radius 2 is 1.10 bits per heavy atom. The van der Waals surface area contributed by atoms with E-state index >= 15 is 0 Å². The number of nitrogens with zero attached hydrogens (tertiary/aromatic N) is 1. The van der Waals surface area contributed by atoms with Crippen molar-refractivity contribution in [2.45, 2.75) is 73.1 Å². The van der Waals surface area contributed by atoms with Gasteiger partial charge in [-0.15, -0.1) is 0 Å². The average molecular weight is 273 g/mol. The molecule has 0 heterocycles. The van der Waals surface area contributed by atoms with Gasteiger partial charge in [0, 0.05) is 6.21 Å². The van der Waals surface area contributed by atoms with Gasteiger partial charge < -0.3 is 0 Å². The molecule has 0 radical (unpaired) electrons. The van der Waals surface area contributed by atoms with E-state index in [2.05, 4.69) is 80.5 Å². The maximum atomic E-state index is 4.70. The molecule has 20 heavy (non-hydrogen) atoms. The molecule has 0 fully saturated rings. The minimum Gasteiger partial charge on any atom is -0.261 e. The van der Waals surface area contributed by atoms with Crippen LogP contribution in [0, 0.1) is 5.41 Å². The third-order valence-electron chi connectivity index (χ3n) is 3.25. The minimum atomic E-state index is 0.111. The molecule has 0 bridgehead atoms. The van der Waals surface area contributed by atoms with Gasteiger partial charge in [-0.2, -0.15) is 0 Å². The van der Waals surface area contributed by atoms with Crippen LogP contribution in [-0.4, -0.2) is 6.21 Å². The molecule has 0 saturated heterocycles. The predicted octanol–water partition coefficient (Wildman–Crippen LogP) is 6.03. The highest BCUT2D eigenvalue weighted by molar-refractivity contribution is 5.69. The zero-order valence-corrected chi connectivity index (χ0v) is 14.8. The van der Waals surface area contributed by atoms with Crippen LogP contribution < -0.4 is 0 Å². The van der Waals surface area contributed by atoms with E-state index in [1.54, 1.807) is 0 Å². The van der Waals surface area contributed by atoms with Crippen molar-refractivity contribution in [1.29, 1.82) is 0 Å². The third-order valence-corrected chi connectivity index (χ3v) is 3.25. The van der Waals surface area contributed by atoms with E-state index in [0.717, 1.165) is 5.69 Å². The second kappa shape index (κ2) is 5.35. The molecule has 0 aliphatic carbocycles. The fourth-order valence-electron chi connectivity index (χ4n) is 1.82. The van der Waals surface area contributed by atoms with Gasteiger partial charge in [-0.3, -0.25) is 4.99 Å². The quantitative estimate of drug-likeness (QED) is 0.554. The minimum absolute atomic E-state index is 0.111. The van der Waals surface area contributed by atoms with Gasteiger partial charge in [0.25, 0.3) is 0 Å². The van der Waals surface area contributed by atoms with E-state index in [1.807, 2.05) is 6.21 Å². The summed E-state index contributed by atoms with van der Waals surface area (Å²) >= 11 is 0. The fourth-order valence-corrected chi connectivity index (χ4v) is 1.82. The molecular weight excluding hydrogens is 242 g/mol. The van der Waals surface area contributed by atoms with Crippen molar-refractivity contribution < 1.29 is 0 Å². The lowest BCUT2D eigenvalue weighted by Gasteiger charge is -2.25. The number of rotatable bonds is 1. The molecule has 1 rings (SSSR count). The van der Waals surface area contributed by atoms with Gasteiger partial charge in [0.1, 0.15) is 0 Å². The van der Waals surface area contributed by atoms with Gasteiger partial charge in [0.05, 0.1) is 5.69 Å². The summed E-state index contributed by atoms with van der Waals surface area (Å²) in [6.07, 6.45) is 2.04. The predicted molar refractivity (Wildman–Crippen MR) is 91.4 cm³/mol. The summed E-state index contributed by atoms with van der Waals surface area (Å²) in [7, 11) is 0. The summed E-state index contributed by atoms with van der Waals surface area (Å²) in [6, 6.07) is 6.77. The second-order valence-corrected chi connectivity index (χ2v) is 8.89. The molecule has 112 valence electrons. The molecule has 0 aliphatic rings. The SMILES string of the molecule is CC(C)(C)C=Nc1cc(C(C)(C)C)cc(C(C)(C)C)c1. The summed E-state index contributed by atoms with van der Waals surface area (Å²) in [5.74, 6) is 0. The molecule has 0 saturated carbocycles. The van der Waals surface area contributed by atoms with Crippen LogP contribution in [0.15, 0.2) is 23.2 Å². The summed E-state index contributed by atoms with van der Waals surface area (Å²) in [5, 5.41) is 0. The van der Waals surface area contributed by atoms with Gasteiger partial charge in [-0.25, -0.2) is 0 Å². The van der Waals surface area contributed by atoms with Gasteiger partial charge >= 0.3 is 0 Å². The van der Waals surface area contributed by atoms with Gasteiger partial charge in [-0.1, -0.05) is 68.4 Å². The standard InChI is InChI=1S/C19H31N/c1-17(2,3)13-20-16-11-14(18(4,5)6)10-15(12-16)19(7,8)9/h10-13H,1-9H3. The Labute approximate surface area is 125 Å². The Hall–Kier alpha value is -1.11. The fraction of sp³-hybridized carbons (Fsp3) is 0.632. The monoisotopic (exact) mass is 273 g/mol. The molecule has 0 aliphatic heterocycles. The normalized spacial score (nSPS) is 14.1. The van der Waals surface area contributed by atoms with E-state index in [-0.39, 0.29) is 16.2 Å². The molecule has 1 nitrogen and oxygen atoms in total. The maximum Gasteiger partial charge on any atom is 0.0631 e. The molecule has 1 aromatic carbocycles. The Bertz CT molecular complexity index is 456. The first kappa shape index (κ1) is 16.9. The molecule has 1 aromatic rings. The van der Waals surface area contributed by atoms with E-state index in [0.29, 0.717) is 0 Å². The molecule has 0 amide bonds. The van der Waals surface area contributed by atoms with Crippen LogP contribution in [0.4, 0.5) is 5.69 Å². The van der Waals surface area contributed by atoms with Crippen molar-refractivity contribution in [1.82, 2.24) is 0 Å². The highest BCUT2D eigenvalue weighted by Gasteiger charge is 2.20. The van der Waals surface area contributed by atoms with E-state index in [4.69, 9.17) is 4.99 Å². The van der Waals surface area contributed by atoms with Crippen molar-refractivity contribution in [2.24, 2.45) is 10.4 Å². The lowest BCUT2D eigenvalue weighted by molar-refractivity contribution is 0.568. The second-order valence-electron chi connectivity index (χ2n) is 8.89. The summed E-state index contributed by atoms with van der Waals surface area (Å²) in [4.78, 5) is 4.70. The highest BCUT2D eigenvalue weighted by atomic mass is 14.7. The lowest BCUT2D eigenvalue weighted by atomic mass is 9.80. The van der Waals surface area contributed by atoms with Gasteiger partial charge in [0.2, 0.25) is 0 Å². The van der Waals surface area contributed by atoms with Crippen LogP contribution in [-0.2, 0) is 10.8 Å². The highest BCUT2D eigenvalue weighted by Crippen LogP contribution is 2.33. The Kier molecular flexibility index (Phi) is 4.53. The topological polar surface area (TPSA) is 12.4 Å². The molecule has 0 aromatic heterocycles. The van der Waals surface area contributed by atoms with Crippen molar-refractivity contribution >= 4 is 11.9 Å². The van der Waals surface area contributed by atoms with Crippen molar-refractivity contribution in [3.8, 4) is 0 Å². The largest absolute Gasteiger partial charge is 0.261 e. The van der Waals surface area contributed by atoms with Crippen LogP contribution in [0.2, 0.25) is 0 Å². The smallest absolute Gasteiger partial charge is 0.0631 e. The van der Waals surface area contributed by atoms with Crippen molar-refractivity contribution in [3.05, 3.63) is 29.3 Å². The number of benzene rings is 1. The van der Waals surface area contributed by atoms with Crippen LogP contribution in [0.3, 0.4) is 0 Å². The molecule has 0 N–H and O–H groups in total.